The summed E-state index contributed by atoms with van der Waals surface area (Å²) in [6.07, 6.45) is 0. The highest BCUT2D eigenvalue weighted by Gasteiger charge is 2.19. The third kappa shape index (κ3) is 4.28. The van der Waals surface area contributed by atoms with Crippen LogP contribution in [0.4, 0.5) is 9.80 Å². The van der Waals surface area contributed by atoms with Gasteiger partial charge in [0.25, 0.3) is 0 Å². The van der Waals surface area contributed by atoms with Gasteiger partial charge in [-0.05, 0) is 12.8 Å². The van der Waals surface area contributed by atoms with Crippen LogP contribution in [0.3, 0.4) is 0 Å². The molecule has 0 saturated heterocycles. The number of nitrogens with zero attached hydrogens (tertiary/aromatic N) is 2. The lowest BCUT2D eigenvalue weighted by Crippen LogP contribution is -2.31. The molecular weight excluding hydrogens is 256 g/mol. The van der Waals surface area contributed by atoms with E-state index in [0.29, 0.717) is 12.5 Å². The van der Waals surface area contributed by atoms with Gasteiger partial charge in [0.05, 0.1) is 6.61 Å². The number of hydrogen-bond acceptors (Lipinski definition) is 6. The van der Waals surface area contributed by atoms with Crippen molar-refractivity contribution in [2.24, 2.45) is 5.92 Å². The fraction of sp³-hybridized carbons (Fsp3) is 0.600. The van der Waals surface area contributed by atoms with Crippen LogP contribution in [0.1, 0.15) is 31.3 Å². The van der Waals surface area contributed by atoms with E-state index in [1.54, 1.807) is 6.92 Å². The highest BCUT2D eigenvalue weighted by atomic mass is 32.1. The summed E-state index contributed by atoms with van der Waals surface area (Å²) < 4.78 is 8.42. The number of aromatic nitrogens is 2. The molecular formula is C10H16N4O3S. The quantitative estimate of drug-likeness (QED) is 0.792. The number of rotatable bonds is 5. The maximum atomic E-state index is 11.5. The molecule has 0 spiro atoms. The zero-order chi connectivity index (χ0) is 13.5. The number of nitrogens with one attached hydrogen (secondary N) is 2. The molecule has 0 aliphatic heterocycles. The van der Waals surface area contributed by atoms with Crippen molar-refractivity contribution in [3.8, 4) is 0 Å². The van der Waals surface area contributed by atoms with Crippen LogP contribution in [0.15, 0.2) is 0 Å². The van der Waals surface area contributed by atoms with E-state index in [-0.39, 0.29) is 23.3 Å². The molecule has 0 aromatic carbocycles. The third-order valence-corrected chi connectivity index (χ3v) is 2.50. The SMILES string of the molecule is CCOC(=O)c1nnsc1NC(=O)NCC(C)C. The molecule has 0 unspecified atom stereocenters. The topological polar surface area (TPSA) is 93.2 Å². The minimum atomic E-state index is -0.592. The van der Waals surface area contributed by atoms with E-state index >= 15 is 0 Å². The van der Waals surface area contributed by atoms with Crippen LogP contribution >= 0.6 is 11.5 Å². The summed E-state index contributed by atoms with van der Waals surface area (Å²) in [5, 5.41) is 9.12. The molecule has 100 valence electrons. The molecule has 7 nitrogen and oxygen atoms in total. The van der Waals surface area contributed by atoms with Crippen LogP contribution in [0.5, 0.6) is 0 Å². The highest BCUT2D eigenvalue weighted by Crippen LogP contribution is 2.18. The molecule has 1 aromatic heterocycles. The van der Waals surface area contributed by atoms with Crippen LogP contribution < -0.4 is 10.6 Å². The number of amides is 2. The van der Waals surface area contributed by atoms with Crippen molar-refractivity contribution in [2.45, 2.75) is 20.8 Å². The van der Waals surface area contributed by atoms with Crippen LogP contribution in [0.2, 0.25) is 0 Å². The smallest absolute Gasteiger partial charge is 0.362 e. The summed E-state index contributed by atoms with van der Waals surface area (Å²) in [4.78, 5) is 23.0. The molecule has 0 radical (unpaired) electrons. The van der Waals surface area contributed by atoms with E-state index in [9.17, 15) is 9.59 Å². The second kappa shape index (κ2) is 6.90. The summed E-state index contributed by atoms with van der Waals surface area (Å²) in [5.41, 5.74) is 0.0292. The predicted molar refractivity (Wildman–Crippen MR) is 67.7 cm³/mol. The van der Waals surface area contributed by atoms with Gasteiger partial charge in [-0.3, -0.25) is 5.32 Å². The van der Waals surface area contributed by atoms with Gasteiger partial charge < -0.3 is 10.1 Å². The number of urea groups is 1. The maximum Gasteiger partial charge on any atom is 0.362 e. The van der Waals surface area contributed by atoms with Gasteiger partial charge in [-0.1, -0.05) is 18.3 Å². The summed E-state index contributed by atoms with van der Waals surface area (Å²) in [5.74, 6) is -0.245. The first-order valence-corrected chi connectivity index (χ1v) is 6.36. The molecule has 0 saturated carbocycles. The molecule has 0 atom stereocenters. The van der Waals surface area contributed by atoms with Crippen molar-refractivity contribution in [3.63, 3.8) is 0 Å². The monoisotopic (exact) mass is 272 g/mol. The first kappa shape index (κ1) is 14.4. The van der Waals surface area contributed by atoms with Gasteiger partial charge in [0.2, 0.25) is 5.69 Å². The zero-order valence-corrected chi connectivity index (χ0v) is 11.3. The first-order chi connectivity index (χ1) is 8.54. The molecule has 0 aliphatic carbocycles. The Morgan fingerprint density at radius 2 is 2.17 bits per heavy atom. The average Bonchev–Trinajstić information content (AvgIpc) is 2.75. The van der Waals surface area contributed by atoms with Crippen LogP contribution in [-0.4, -0.2) is 34.7 Å². The lowest BCUT2D eigenvalue weighted by atomic mass is 10.2. The second-order valence-corrected chi connectivity index (χ2v) is 4.65. The molecule has 1 aromatic rings. The van der Waals surface area contributed by atoms with Gasteiger partial charge in [-0.25, -0.2) is 9.59 Å². The molecule has 1 heterocycles. The predicted octanol–water partition coefficient (Wildman–Crippen LogP) is 1.49. The molecule has 2 amide bonds. The van der Waals surface area contributed by atoms with E-state index in [0.717, 1.165) is 11.5 Å². The maximum absolute atomic E-state index is 11.5. The molecule has 0 bridgehead atoms. The number of anilines is 1. The van der Waals surface area contributed by atoms with Gasteiger partial charge in [0.15, 0.2) is 5.00 Å². The Kier molecular flexibility index (Phi) is 5.50. The summed E-state index contributed by atoms with van der Waals surface area (Å²) in [6.45, 7) is 6.46. The van der Waals surface area contributed by atoms with Crippen molar-refractivity contribution in [3.05, 3.63) is 5.69 Å². The molecule has 8 heteroatoms. The van der Waals surface area contributed by atoms with E-state index in [1.165, 1.54) is 0 Å². The van der Waals surface area contributed by atoms with E-state index in [4.69, 9.17) is 4.74 Å². The fourth-order valence-corrected chi connectivity index (χ4v) is 1.60. The van der Waals surface area contributed by atoms with Crippen LogP contribution in [0.25, 0.3) is 0 Å². The fourth-order valence-electron chi connectivity index (χ4n) is 1.05. The Balaban J connectivity index is 2.59. The molecule has 2 N–H and O–H groups in total. The van der Waals surface area contributed by atoms with Crippen molar-refractivity contribution >= 4 is 28.5 Å². The standard InChI is InChI=1S/C10H16N4O3S/c1-4-17-9(15)7-8(18-14-13-7)12-10(16)11-5-6(2)3/h6H,4-5H2,1-3H3,(H2,11,12,16). The molecule has 0 fully saturated rings. The lowest BCUT2D eigenvalue weighted by molar-refractivity contribution is 0.0520. The van der Waals surface area contributed by atoms with Gasteiger partial charge in [0, 0.05) is 18.1 Å². The van der Waals surface area contributed by atoms with Gasteiger partial charge >= 0.3 is 12.0 Å². The molecule has 18 heavy (non-hydrogen) atoms. The lowest BCUT2D eigenvalue weighted by Gasteiger charge is -2.08. The minimum absolute atomic E-state index is 0.0292. The molecule has 0 aliphatic rings. The van der Waals surface area contributed by atoms with Crippen molar-refractivity contribution in [1.29, 1.82) is 0 Å². The largest absolute Gasteiger partial charge is 0.461 e. The molecule has 1 rings (SSSR count). The Labute approximate surface area is 109 Å². The summed E-state index contributed by atoms with van der Waals surface area (Å²) >= 11 is 0.932. The summed E-state index contributed by atoms with van der Waals surface area (Å²) in [7, 11) is 0. The van der Waals surface area contributed by atoms with Gasteiger partial charge in [-0.15, -0.1) is 5.10 Å². The summed E-state index contributed by atoms with van der Waals surface area (Å²) in [6, 6.07) is -0.389. The highest BCUT2D eigenvalue weighted by molar-refractivity contribution is 7.10. The number of esters is 1. The first-order valence-electron chi connectivity index (χ1n) is 5.58. The second-order valence-electron chi connectivity index (χ2n) is 3.90. The zero-order valence-electron chi connectivity index (χ0n) is 10.5. The number of ether oxygens (including phenoxy) is 1. The minimum Gasteiger partial charge on any atom is -0.461 e. The van der Waals surface area contributed by atoms with Crippen molar-refractivity contribution in [1.82, 2.24) is 14.9 Å². The third-order valence-electron chi connectivity index (χ3n) is 1.85. The Hall–Kier alpha value is -1.70. The number of carbonyl (C=O) groups excluding carboxylic acids is 2. The Morgan fingerprint density at radius 3 is 2.78 bits per heavy atom. The van der Waals surface area contributed by atoms with E-state index < -0.39 is 5.97 Å². The van der Waals surface area contributed by atoms with Gasteiger partial charge in [-0.2, -0.15) is 0 Å². The average molecular weight is 272 g/mol. The number of hydrogen-bond donors (Lipinski definition) is 2. The van der Waals surface area contributed by atoms with Crippen molar-refractivity contribution in [2.75, 3.05) is 18.5 Å². The number of carbonyl (C=O) groups is 2. The van der Waals surface area contributed by atoms with Crippen LogP contribution in [-0.2, 0) is 4.74 Å². The van der Waals surface area contributed by atoms with E-state index in [2.05, 4.69) is 20.2 Å². The van der Waals surface area contributed by atoms with Crippen LogP contribution in [0, 0.1) is 5.92 Å². The van der Waals surface area contributed by atoms with Crippen molar-refractivity contribution < 1.29 is 14.3 Å². The Morgan fingerprint density at radius 1 is 1.44 bits per heavy atom. The Bertz CT molecular complexity index is 419. The van der Waals surface area contributed by atoms with Gasteiger partial charge in [0.1, 0.15) is 0 Å². The van der Waals surface area contributed by atoms with E-state index in [1.807, 2.05) is 13.8 Å². The normalized spacial score (nSPS) is 10.2.